The first-order chi connectivity index (χ1) is 39.4. The molecule has 3 heterocycles. The summed E-state index contributed by atoms with van der Waals surface area (Å²) in [6.07, 6.45) is 0. The number of benzene rings is 9. The molecule has 0 spiro atoms. The minimum atomic E-state index is -0.134. The molecular weight excluding hydrogens is 1020 g/mol. The van der Waals surface area contributed by atoms with Crippen LogP contribution >= 0.6 is 0 Å². The monoisotopic (exact) mass is 1100 g/mol. The third-order valence-corrected chi connectivity index (χ3v) is 18.7. The largest absolute Gasteiger partial charge is 0.309 e. The van der Waals surface area contributed by atoms with Crippen LogP contribution in [0.5, 0.6) is 0 Å². The molecule has 422 valence electrons. The summed E-state index contributed by atoms with van der Waals surface area (Å²) in [5, 5.41) is 18.7. The quantitative estimate of drug-likeness (QED) is 0.173. The van der Waals surface area contributed by atoms with Crippen molar-refractivity contribution in [3.63, 3.8) is 0 Å². The average molecular weight is 1100 g/mol. The number of fused-ring (bicyclic) bond motifs is 14. The Balaban J connectivity index is 1.13. The van der Waals surface area contributed by atoms with Crippen molar-refractivity contribution in [1.29, 1.82) is 5.26 Å². The van der Waals surface area contributed by atoms with Crippen LogP contribution in [-0.2, 0) is 32.5 Å². The number of aromatic nitrogens is 3. The highest BCUT2D eigenvalue weighted by molar-refractivity contribution is 6.19. The summed E-state index contributed by atoms with van der Waals surface area (Å²) in [6, 6.07) is 65.7. The molecule has 1 unspecified atom stereocenters. The van der Waals surface area contributed by atoms with Crippen molar-refractivity contribution in [2.24, 2.45) is 0 Å². The highest BCUT2D eigenvalue weighted by atomic mass is 15.0. The van der Waals surface area contributed by atoms with E-state index in [4.69, 9.17) is 0 Å². The van der Waals surface area contributed by atoms with Crippen molar-refractivity contribution in [2.75, 3.05) is 0 Å². The lowest BCUT2D eigenvalue weighted by Gasteiger charge is -2.28. The Morgan fingerprint density at radius 2 is 0.702 bits per heavy atom. The van der Waals surface area contributed by atoms with Crippen molar-refractivity contribution in [1.82, 2.24) is 13.7 Å². The smallest absolute Gasteiger partial charge is 0.101 e. The molecule has 0 amide bonds. The van der Waals surface area contributed by atoms with Gasteiger partial charge in [-0.15, -0.1) is 0 Å². The van der Waals surface area contributed by atoms with E-state index in [9.17, 15) is 5.26 Å². The molecule has 12 aromatic rings. The fourth-order valence-electron chi connectivity index (χ4n) is 13.7. The van der Waals surface area contributed by atoms with Crippen molar-refractivity contribution < 1.29 is 0 Å². The van der Waals surface area contributed by atoms with E-state index in [1.807, 2.05) is 6.07 Å². The van der Waals surface area contributed by atoms with Gasteiger partial charge in [-0.2, -0.15) is 5.26 Å². The van der Waals surface area contributed by atoms with Crippen LogP contribution in [0.25, 0.3) is 93.6 Å². The number of rotatable bonds is 4. The van der Waals surface area contributed by atoms with Crippen LogP contribution in [0.3, 0.4) is 0 Å². The maximum absolute atomic E-state index is 11.3. The number of nitrogens with zero attached hydrogens (tertiary/aromatic N) is 4. The molecule has 0 radical (unpaired) electrons. The standard InChI is InChI=1S/C80H82N4/c1-75(2,3)49-28-33-65-61(43-49)62-44-50(76(4,5)6)29-34-66(62)82(65)55-30-27-47(46-81)69(45-55)84-64-26-22-20-24-60(64)72-68(84)36-32-58-57-31-35-67-71(73(57)70(74(58)72)48-37-51(77(7,8)9)39-52(38-48)78(10,11)12)59-23-19-21-25-63(59)83(67)56-41-53(79(13,14)15)40-54(42-56)80(16,17)18/h19-45,70H,1-18H3. The molecule has 4 nitrogen and oxygen atoms in total. The summed E-state index contributed by atoms with van der Waals surface area (Å²) in [4.78, 5) is 0. The molecule has 0 N–H and O–H groups in total. The van der Waals surface area contributed by atoms with E-state index in [0.717, 1.165) is 33.4 Å². The predicted molar refractivity (Wildman–Crippen MR) is 359 cm³/mol. The second kappa shape index (κ2) is 18.4. The molecule has 1 atom stereocenters. The van der Waals surface area contributed by atoms with Crippen molar-refractivity contribution in [3.8, 4) is 34.3 Å². The van der Waals surface area contributed by atoms with E-state index in [2.05, 4.69) is 302 Å². The summed E-state index contributed by atoms with van der Waals surface area (Å²) < 4.78 is 7.38. The van der Waals surface area contributed by atoms with Crippen LogP contribution in [0.1, 0.15) is 186 Å². The molecule has 1 aliphatic carbocycles. The molecule has 0 saturated heterocycles. The van der Waals surface area contributed by atoms with E-state index >= 15 is 0 Å². The Morgan fingerprint density at radius 1 is 0.321 bits per heavy atom. The highest BCUT2D eigenvalue weighted by Crippen LogP contribution is 2.57. The van der Waals surface area contributed by atoms with Gasteiger partial charge in [0.2, 0.25) is 0 Å². The third-order valence-electron chi connectivity index (χ3n) is 18.7. The third kappa shape index (κ3) is 8.66. The van der Waals surface area contributed by atoms with E-state index in [1.165, 1.54) is 110 Å². The van der Waals surface area contributed by atoms with Crippen LogP contribution in [0, 0.1) is 11.3 Å². The van der Waals surface area contributed by atoms with Gasteiger partial charge in [-0.25, -0.2) is 0 Å². The molecule has 4 heteroatoms. The predicted octanol–water partition coefficient (Wildman–Crippen LogP) is 21.8. The Labute approximate surface area is 498 Å². The van der Waals surface area contributed by atoms with Crippen LogP contribution in [0.2, 0.25) is 0 Å². The Bertz CT molecular complexity index is 4640. The van der Waals surface area contributed by atoms with Gasteiger partial charge in [-0.05, 0) is 173 Å². The van der Waals surface area contributed by atoms with E-state index in [-0.39, 0.29) is 38.4 Å². The van der Waals surface area contributed by atoms with E-state index in [1.54, 1.807) is 0 Å². The fourth-order valence-corrected chi connectivity index (χ4v) is 13.7. The van der Waals surface area contributed by atoms with E-state index < -0.39 is 0 Å². The summed E-state index contributed by atoms with van der Waals surface area (Å²) >= 11 is 0. The average Bonchev–Trinajstić information content (AvgIpc) is 1.56. The zero-order chi connectivity index (χ0) is 59.7. The molecule has 3 aromatic heterocycles. The number of hydrogen-bond acceptors (Lipinski definition) is 1. The maximum Gasteiger partial charge on any atom is 0.101 e. The Morgan fingerprint density at radius 3 is 1.14 bits per heavy atom. The molecule has 1 aliphatic rings. The van der Waals surface area contributed by atoms with Gasteiger partial charge >= 0.3 is 0 Å². The zero-order valence-electron chi connectivity index (χ0n) is 53.0. The molecular formula is C80H82N4. The lowest BCUT2D eigenvalue weighted by molar-refractivity contribution is 0.566. The van der Waals surface area contributed by atoms with Gasteiger partial charge in [0.25, 0.3) is 0 Å². The summed E-state index contributed by atoms with van der Waals surface area (Å²) in [7, 11) is 0. The first-order valence-corrected chi connectivity index (χ1v) is 30.5. The summed E-state index contributed by atoms with van der Waals surface area (Å²) in [5.41, 5.74) is 24.7. The van der Waals surface area contributed by atoms with Crippen LogP contribution in [-0.4, -0.2) is 13.7 Å². The van der Waals surface area contributed by atoms with Crippen molar-refractivity contribution in [2.45, 2.75) is 163 Å². The normalized spacial score (nSPS) is 14.4. The lowest BCUT2D eigenvalue weighted by Crippen LogP contribution is -2.18. The maximum atomic E-state index is 11.3. The van der Waals surface area contributed by atoms with Gasteiger partial charge < -0.3 is 13.7 Å². The Hall–Kier alpha value is -8.13. The number of para-hydroxylation sites is 2. The number of hydrogen-bond donors (Lipinski definition) is 0. The molecule has 0 fully saturated rings. The van der Waals surface area contributed by atoms with Crippen LogP contribution in [0.15, 0.2) is 164 Å². The second-order valence-electron chi connectivity index (χ2n) is 30.7. The van der Waals surface area contributed by atoms with Gasteiger partial charge in [-0.3, -0.25) is 0 Å². The molecule has 13 rings (SSSR count). The fraction of sp³-hybridized carbons (Fsp3) is 0.312. The van der Waals surface area contributed by atoms with Crippen LogP contribution in [0.4, 0.5) is 0 Å². The number of nitriles is 1. The highest BCUT2D eigenvalue weighted by Gasteiger charge is 2.38. The second-order valence-corrected chi connectivity index (χ2v) is 30.7. The van der Waals surface area contributed by atoms with Gasteiger partial charge in [0.15, 0.2) is 0 Å². The SMILES string of the molecule is CC(C)(C)c1cc(C2c3c(ccc4c3c3ccccc3n4-c3cc(C(C)(C)C)cc(C(C)(C)C)c3)-c3ccc4c(c32)c2ccccc2n4-c2cc(-n3c4ccc(C(C)(C)C)cc4c4cc(C(C)(C)C)ccc43)ccc2C#N)cc(C(C)(C)C)c1. The van der Waals surface area contributed by atoms with Gasteiger partial charge in [0.05, 0.1) is 44.4 Å². The lowest BCUT2D eigenvalue weighted by atomic mass is 9.76. The summed E-state index contributed by atoms with van der Waals surface area (Å²) in [5.74, 6) is -0.134. The molecule has 9 aromatic carbocycles. The minimum Gasteiger partial charge on any atom is -0.309 e. The van der Waals surface area contributed by atoms with Crippen LogP contribution < -0.4 is 0 Å². The van der Waals surface area contributed by atoms with Gasteiger partial charge in [-0.1, -0.05) is 210 Å². The van der Waals surface area contributed by atoms with Crippen molar-refractivity contribution in [3.05, 3.63) is 219 Å². The first-order valence-electron chi connectivity index (χ1n) is 30.5. The first kappa shape index (κ1) is 55.1. The zero-order valence-corrected chi connectivity index (χ0v) is 53.0. The Kier molecular flexibility index (Phi) is 12.1. The topological polar surface area (TPSA) is 38.6 Å². The molecule has 84 heavy (non-hydrogen) atoms. The van der Waals surface area contributed by atoms with Gasteiger partial charge in [0, 0.05) is 49.6 Å². The summed E-state index contributed by atoms with van der Waals surface area (Å²) in [6.45, 7) is 41.9. The minimum absolute atomic E-state index is 0.0206. The van der Waals surface area contributed by atoms with Crippen molar-refractivity contribution >= 4 is 65.4 Å². The molecule has 0 saturated carbocycles. The van der Waals surface area contributed by atoms with E-state index in [0.29, 0.717) is 5.56 Å². The molecule has 0 aliphatic heterocycles. The molecule has 0 bridgehead atoms. The van der Waals surface area contributed by atoms with Gasteiger partial charge in [0.1, 0.15) is 6.07 Å².